The molecule has 1 heterocycles. The van der Waals surface area contributed by atoms with Crippen molar-refractivity contribution in [3.05, 3.63) is 54.3 Å². The molecule has 1 aromatic heterocycles. The zero-order chi connectivity index (χ0) is 18.4. The molecule has 0 saturated heterocycles. The molecule has 0 saturated carbocycles. The number of carbonyl (C=O) groups is 1. The fraction of sp³-hybridized carbons (Fsp3) is 0.158. The van der Waals surface area contributed by atoms with Crippen LogP contribution in [0, 0.1) is 0 Å². The molecule has 3 N–H and O–H groups in total. The summed E-state index contributed by atoms with van der Waals surface area (Å²) in [6.45, 7) is 4.00. The number of aromatic nitrogens is 1. The van der Waals surface area contributed by atoms with Gasteiger partial charge in [-0.2, -0.15) is 0 Å². The first kappa shape index (κ1) is 18.1. The van der Waals surface area contributed by atoms with E-state index in [-0.39, 0.29) is 23.7 Å². The number of aromatic hydroxyl groups is 2. The fourth-order valence-corrected chi connectivity index (χ4v) is 2.32. The third-order valence-electron chi connectivity index (χ3n) is 3.37. The second-order valence-electron chi connectivity index (χ2n) is 4.99. The lowest BCUT2D eigenvalue weighted by atomic mass is 9.98. The molecular formula is C19H19NO5. The van der Waals surface area contributed by atoms with Crippen LogP contribution in [0.3, 0.4) is 0 Å². The van der Waals surface area contributed by atoms with Crippen molar-refractivity contribution in [2.24, 2.45) is 0 Å². The highest BCUT2D eigenvalue weighted by atomic mass is 16.5. The number of carboxylic acids is 1. The Morgan fingerprint density at radius 1 is 0.920 bits per heavy atom. The first-order valence-electron chi connectivity index (χ1n) is 7.84. The number of carboxylic acid groups (broad SMARTS) is 1. The van der Waals surface area contributed by atoms with Crippen LogP contribution >= 0.6 is 0 Å². The smallest absolute Gasteiger partial charge is 0.311 e. The van der Waals surface area contributed by atoms with Gasteiger partial charge in [0.05, 0.1) is 5.56 Å². The first-order chi connectivity index (χ1) is 12.0. The zero-order valence-corrected chi connectivity index (χ0v) is 13.9. The minimum atomic E-state index is -1.03. The van der Waals surface area contributed by atoms with Crippen molar-refractivity contribution in [1.29, 1.82) is 0 Å². The molecule has 0 spiro atoms. The average molecular weight is 341 g/mol. The van der Waals surface area contributed by atoms with Crippen LogP contribution in [-0.2, 0) is 11.2 Å². The molecule has 3 rings (SSSR count). The van der Waals surface area contributed by atoms with Crippen molar-refractivity contribution in [2.45, 2.75) is 20.3 Å². The second kappa shape index (κ2) is 8.01. The molecule has 0 unspecified atom stereocenters. The van der Waals surface area contributed by atoms with Crippen molar-refractivity contribution >= 4 is 5.97 Å². The second-order valence-corrected chi connectivity index (χ2v) is 4.99. The van der Waals surface area contributed by atoms with Crippen LogP contribution in [0.25, 0.3) is 22.4 Å². The van der Waals surface area contributed by atoms with Gasteiger partial charge in [-0.05, 0) is 42.0 Å². The van der Waals surface area contributed by atoms with Gasteiger partial charge in [0.25, 0.3) is 0 Å². The van der Waals surface area contributed by atoms with Gasteiger partial charge >= 0.3 is 5.97 Å². The van der Waals surface area contributed by atoms with Gasteiger partial charge in [-0.3, -0.25) is 4.79 Å². The maximum absolute atomic E-state index is 11.0. The molecule has 2 aromatic carbocycles. The van der Waals surface area contributed by atoms with E-state index in [4.69, 9.17) is 9.63 Å². The molecule has 3 aromatic rings. The number of benzene rings is 2. The molecule has 0 atom stereocenters. The van der Waals surface area contributed by atoms with E-state index in [0.29, 0.717) is 22.4 Å². The van der Waals surface area contributed by atoms with Crippen molar-refractivity contribution in [2.75, 3.05) is 0 Å². The summed E-state index contributed by atoms with van der Waals surface area (Å²) in [5.74, 6) is -0.574. The molecule has 6 heteroatoms. The Kier molecular flexibility index (Phi) is 5.79. The van der Waals surface area contributed by atoms with Crippen LogP contribution in [0.4, 0.5) is 0 Å². The van der Waals surface area contributed by atoms with E-state index in [0.717, 1.165) is 0 Å². The minimum Gasteiger partial charge on any atom is -0.508 e. The highest BCUT2D eigenvalue weighted by Gasteiger charge is 2.21. The van der Waals surface area contributed by atoms with Crippen molar-refractivity contribution in [1.82, 2.24) is 5.16 Å². The van der Waals surface area contributed by atoms with E-state index in [2.05, 4.69) is 5.16 Å². The SMILES string of the molecule is CC.O=C(O)Cc1onc(-c2ccc(O)cc2)c1-c1ccc(O)cc1. The number of aliphatic carboxylic acids is 1. The van der Waals surface area contributed by atoms with Gasteiger partial charge in [0.15, 0.2) is 5.76 Å². The van der Waals surface area contributed by atoms with Gasteiger partial charge in [0, 0.05) is 5.56 Å². The van der Waals surface area contributed by atoms with Crippen LogP contribution in [0.15, 0.2) is 53.1 Å². The quantitative estimate of drug-likeness (QED) is 0.661. The van der Waals surface area contributed by atoms with Gasteiger partial charge in [-0.1, -0.05) is 31.1 Å². The molecule has 0 radical (unpaired) electrons. The van der Waals surface area contributed by atoms with Crippen molar-refractivity contribution in [3.63, 3.8) is 0 Å². The molecule has 130 valence electrons. The van der Waals surface area contributed by atoms with Gasteiger partial charge in [-0.15, -0.1) is 0 Å². The number of phenols is 2. The van der Waals surface area contributed by atoms with Gasteiger partial charge in [0.2, 0.25) is 0 Å². The van der Waals surface area contributed by atoms with E-state index in [1.54, 1.807) is 24.3 Å². The predicted molar refractivity (Wildman–Crippen MR) is 93.4 cm³/mol. The standard InChI is InChI=1S/C17H13NO5.C2H6/c19-12-5-1-10(2-6-12)16-14(9-15(21)22)23-18-17(16)11-3-7-13(20)8-4-11;1-2/h1-8,19-20H,9H2,(H,21,22);1-2H3. The number of hydrogen-bond acceptors (Lipinski definition) is 5. The predicted octanol–water partition coefficient (Wildman–Crippen LogP) is 4.07. The highest BCUT2D eigenvalue weighted by Crippen LogP contribution is 2.36. The molecule has 0 aliphatic heterocycles. The van der Waals surface area contributed by atoms with E-state index in [1.165, 1.54) is 24.3 Å². The van der Waals surface area contributed by atoms with E-state index >= 15 is 0 Å². The Balaban J connectivity index is 0.00000109. The number of nitrogens with zero attached hydrogens (tertiary/aromatic N) is 1. The summed E-state index contributed by atoms with van der Waals surface area (Å²) in [4.78, 5) is 11.0. The zero-order valence-electron chi connectivity index (χ0n) is 13.9. The van der Waals surface area contributed by atoms with Crippen molar-refractivity contribution < 1.29 is 24.6 Å². The summed E-state index contributed by atoms with van der Waals surface area (Å²) in [6, 6.07) is 12.7. The maximum Gasteiger partial charge on any atom is 0.311 e. The third kappa shape index (κ3) is 4.17. The lowest BCUT2D eigenvalue weighted by Gasteiger charge is -2.05. The molecule has 0 fully saturated rings. The van der Waals surface area contributed by atoms with Crippen molar-refractivity contribution in [3.8, 4) is 33.9 Å². The van der Waals surface area contributed by atoms with Gasteiger partial charge in [0.1, 0.15) is 23.6 Å². The molecular weight excluding hydrogens is 322 g/mol. The fourth-order valence-electron chi connectivity index (χ4n) is 2.32. The van der Waals surface area contributed by atoms with Gasteiger partial charge in [-0.25, -0.2) is 0 Å². The summed E-state index contributed by atoms with van der Waals surface area (Å²) < 4.78 is 5.22. The Bertz CT molecular complexity index is 835. The lowest BCUT2D eigenvalue weighted by molar-refractivity contribution is -0.136. The Morgan fingerprint density at radius 2 is 1.40 bits per heavy atom. The normalized spacial score (nSPS) is 10.0. The van der Waals surface area contributed by atoms with Crippen LogP contribution in [0.2, 0.25) is 0 Å². The summed E-state index contributed by atoms with van der Waals surface area (Å²) in [6.07, 6.45) is -0.304. The monoisotopic (exact) mass is 341 g/mol. The van der Waals surface area contributed by atoms with E-state index in [9.17, 15) is 15.0 Å². The van der Waals surface area contributed by atoms with Crippen LogP contribution in [-0.4, -0.2) is 26.4 Å². The van der Waals surface area contributed by atoms with E-state index in [1.807, 2.05) is 13.8 Å². The Morgan fingerprint density at radius 3 is 1.88 bits per heavy atom. The first-order valence-corrected chi connectivity index (χ1v) is 7.84. The number of phenolic OH excluding ortho intramolecular Hbond substituents is 2. The molecule has 0 aliphatic carbocycles. The Hall–Kier alpha value is -3.28. The average Bonchev–Trinajstić information content (AvgIpc) is 3.01. The molecule has 6 nitrogen and oxygen atoms in total. The van der Waals surface area contributed by atoms with Crippen LogP contribution < -0.4 is 0 Å². The summed E-state index contributed by atoms with van der Waals surface area (Å²) in [5, 5.41) is 31.8. The van der Waals surface area contributed by atoms with E-state index < -0.39 is 5.97 Å². The minimum absolute atomic E-state index is 0.108. The molecule has 0 aliphatic rings. The summed E-state index contributed by atoms with van der Waals surface area (Å²) >= 11 is 0. The van der Waals surface area contributed by atoms with Crippen LogP contribution in [0.1, 0.15) is 19.6 Å². The molecule has 25 heavy (non-hydrogen) atoms. The summed E-state index contributed by atoms with van der Waals surface area (Å²) in [5.41, 5.74) is 2.40. The summed E-state index contributed by atoms with van der Waals surface area (Å²) in [7, 11) is 0. The number of hydrogen-bond donors (Lipinski definition) is 3. The van der Waals surface area contributed by atoms with Gasteiger partial charge < -0.3 is 19.8 Å². The number of rotatable bonds is 4. The third-order valence-corrected chi connectivity index (χ3v) is 3.37. The molecule has 0 amide bonds. The highest BCUT2D eigenvalue weighted by molar-refractivity contribution is 5.84. The maximum atomic E-state index is 11.0. The molecule has 0 bridgehead atoms. The lowest BCUT2D eigenvalue weighted by Crippen LogP contribution is -2.00. The Labute approximate surface area is 145 Å². The van der Waals surface area contributed by atoms with Crippen LogP contribution in [0.5, 0.6) is 11.5 Å². The largest absolute Gasteiger partial charge is 0.508 e. The topological polar surface area (TPSA) is 104 Å².